The zero-order valence-electron chi connectivity index (χ0n) is 11.1. The molecule has 0 radical (unpaired) electrons. The van der Waals surface area contributed by atoms with E-state index < -0.39 is 0 Å². The van der Waals surface area contributed by atoms with Crippen LogP contribution in [0.1, 0.15) is 26.3 Å². The van der Waals surface area contributed by atoms with Crippen molar-refractivity contribution in [2.24, 2.45) is 7.05 Å². The molecular formula is C13H18BrN3S. The Morgan fingerprint density at radius 1 is 1.44 bits per heavy atom. The van der Waals surface area contributed by atoms with E-state index in [1.54, 1.807) is 11.3 Å². The fourth-order valence-corrected chi connectivity index (χ4v) is 3.26. The van der Waals surface area contributed by atoms with Crippen molar-refractivity contribution in [3.8, 4) is 10.6 Å². The molecule has 0 bridgehead atoms. The van der Waals surface area contributed by atoms with Gasteiger partial charge < -0.3 is 5.32 Å². The molecule has 98 valence electrons. The highest BCUT2D eigenvalue weighted by Gasteiger charge is 2.16. The molecule has 3 nitrogen and oxygen atoms in total. The van der Waals surface area contributed by atoms with Crippen LogP contribution in [-0.2, 0) is 13.6 Å². The van der Waals surface area contributed by atoms with Crippen molar-refractivity contribution in [3.63, 3.8) is 0 Å². The molecule has 0 aromatic carbocycles. The molecule has 0 amide bonds. The predicted molar refractivity (Wildman–Crippen MR) is 80.8 cm³/mol. The van der Waals surface area contributed by atoms with E-state index >= 15 is 0 Å². The summed E-state index contributed by atoms with van der Waals surface area (Å²) in [6, 6.07) is 2.07. The van der Waals surface area contributed by atoms with Gasteiger partial charge in [0.15, 0.2) is 0 Å². The first-order valence-corrected chi connectivity index (χ1v) is 7.55. The van der Waals surface area contributed by atoms with Gasteiger partial charge in [-0.3, -0.25) is 4.68 Å². The van der Waals surface area contributed by atoms with Gasteiger partial charge in [-0.05, 0) is 48.1 Å². The molecule has 0 spiro atoms. The molecule has 0 fully saturated rings. The summed E-state index contributed by atoms with van der Waals surface area (Å²) in [7, 11) is 1.96. The number of thiophene rings is 1. The molecule has 1 N–H and O–H groups in total. The van der Waals surface area contributed by atoms with Crippen LogP contribution >= 0.6 is 27.3 Å². The number of hydrogen-bond donors (Lipinski definition) is 1. The van der Waals surface area contributed by atoms with E-state index in [-0.39, 0.29) is 5.54 Å². The van der Waals surface area contributed by atoms with E-state index in [0.717, 1.165) is 16.7 Å². The molecule has 0 aliphatic heterocycles. The van der Waals surface area contributed by atoms with Gasteiger partial charge in [-0.25, -0.2) is 0 Å². The lowest BCUT2D eigenvalue weighted by molar-refractivity contribution is 0.424. The molecule has 2 aromatic rings. The third-order valence-electron chi connectivity index (χ3n) is 2.55. The van der Waals surface area contributed by atoms with Gasteiger partial charge in [0.1, 0.15) is 5.69 Å². The third kappa shape index (κ3) is 3.22. The highest BCUT2D eigenvalue weighted by Crippen LogP contribution is 2.34. The highest BCUT2D eigenvalue weighted by atomic mass is 79.9. The first-order chi connectivity index (χ1) is 8.37. The van der Waals surface area contributed by atoms with Crippen molar-refractivity contribution >= 4 is 27.3 Å². The minimum absolute atomic E-state index is 0.111. The number of nitrogens with one attached hydrogen (secondary N) is 1. The first-order valence-electron chi connectivity index (χ1n) is 5.88. The molecular weight excluding hydrogens is 310 g/mol. The second kappa shape index (κ2) is 5.15. The van der Waals surface area contributed by atoms with Crippen molar-refractivity contribution in [2.45, 2.75) is 32.9 Å². The third-order valence-corrected chi connectivity index (χ3v) is 4.39. The van der Waals surface area contributed by atoms with Crippen LogP contribution in [0.15, 0.2) is 22.1 Å². The van der Waals surface area contributed by atoms with Gasteiger partial charge in [0, 0.05) is 35.4 Å². The van der Waals surface area contributed by atoms with Gasteiger partial charge in [0.05, 0.1) is 4.88 Å². The maximum atomic E-state index is 4.57. The van der Waals surface area contributed by atoms with Crippen LogP contribution < -0.4 is 5.32 Å². The predicted octanol–water partition coefficient (Wildman–Crippen LogP) is 3.80. The summed E-state index contributed by atoms with van der Waals surface area (Å²) in [5.74, 6) is 0. The van der Waals surface area contributed by atoms with E-state index in [1.165, 1.54) is 10.4 Å². The van der Waals surface area contributed by atoms with Gasteiger partial charge in [-0.15, -0.1) is 11.3 Å². The summed E-state index contributed by atoms with van der Waals surface area (Å²) in [6.45, 7) is 7.34. The largest absolute Gasteiger partial charge is 0.308 e. The molecule has 2 heterocycles. The Bertz CT molecular complexity index is 537. The topological polar surface area (TPSA) is 29.9 Å². The summed E-state index contributed by atoms with van der Waals surface area (Å²) in [6.07, 6.45) is 2.08. The Hall–Kier alpha value is -0.650. The monoisotopic (exact) mass is 327 g/mol. The smallest absolute Gasteiger partial charge is 0.108 e. The lowest BCUT2D eigenvalue weighted by atomic mass is 10.1. The molecule has 5 heteroatoms. The van der Waals surface area contributed by atoms with Crippen LogP contribution in [0.3, 0.4) is 0 Å². The first kappa shape index (κ1) is 13.8. The molecule has 18 heavy (non-hydrogen) atoms. The minimum Gasteiger partial charge on any atom is -0.308 e. The van der Waals surface area contributed by atoms with Crippen LogP contribution in [0.4, 0.5) is 0 Å². The maximum absolute atomic E-state index is 4.57. The summed E-state index contributed by atoms with van der Waals surface area (Å²) in [4.78, 5) is 1.20. The Kier molecular flexibility index (Phi) is 3.94. The van der Waals surface area contributed by atoms with Crippen molar-refractivity contribution in [3.05, 3.63) is 27.7 Å². The quantitative estimate of drug-likeness (QED) is 0.929. The van der Waals surface area contributed by atoms with Crippen molar-refractivity contribution in [2.75, 3.05) is 0 Å². The lowest BCUT2D eigenvalue weighted by Gasteiger charge is -2.20. The van der Waals surface area contributed by atoms with Crippen molar-refractivity contribution < 1.29 is 0 Å². The summed E-state index contributed by atoms with van der Waals surface area (Å²) in [5.41, 5.74) is 2.41. The zero-order valence-corrected chi connectivity index (χ0v) is 13.5. The zero-order chi connectivity index (χ0) is 13.3. The van der Waals surface area contributed by atoms with Gasteiger partial charge in [-0.1, -0.05) is 0 Å². The SMILES string of the molecule is Cn1cc(CNC(C)(C)C)c(-c2sccc2Br)n1. The molecule has 2 rings (SSSR count). The summed E-state index contributed by atoms with van der Waals surface area (Å²) in [5, 5.41) is 10.2. The average molecular weight is 328 g/mol. The standard InChI is InChI=1S/C13H18BrN3S/c1-13(2,3)15-7-9-8-17(4)16-11(9)12-10(14)5-6-18-12/h5-6,8,15H,7H2,1-4H3. The van der Waals surface area contributed by atoms with Crippen molar-refractivity contribution in [1.82, 2.24) is 15.1 Å². The minimum atomic E-state index is 0.111. The van der Waals surface area contributed by atoms with Crippen LogP contribution in [0.2, 0.25) is 0 Å². The van der Waals surface area contributed by atoms with Crippen LogP contribution in [0.5, 0.6) is 0 Å². The summed E-state index contributed by atoms with van der Waals surface area (Å²) >= 11 is 5.29. The van der Waals surface area contributed by atoms with Gasteiger partial charge in [0.25, 0.3) is 0 Å². The van der Waals surface area contributed by atoms with E-state index in [0.29, 0.717) is 0 Å². The van der Waals surface area contributed by atoms with E-state index in [9.17, 15) is 0 Å². The van der Waals surface area contributed by atoms with Crippen LogP contribution in [0.25, 0.3) is 10.6 Å². The molecule has 0 unspecified atom stereocenters. The lowest BCUT2D eigenvalue weighted by Crippen LogP contribution is -2.35. The van der Waals surface area contributed by atoms with E-state index in [4.69, 9.17) is 0 Å². The molecule has 0 saturated heterocycles. The van der Waals surface area contributed by atoms with E-state index in [2.05, 4.69) is 64.8 Å². The van der Waals surface area contributed by atoms with Gasteiger partial charge >= 0.3 is 0 Å². The number of rotatable bonds is 3. The normalized spacial score (nSPS) is 12.1. The number of halogens is 1. The van der Waals surface area contributed by atoms with Crippen molar-refractivity contribution in [1.29, 1.82) is 0 Å². The fourth-order valence-electron chi connectivity index (χ4n) is 1.68. The van der Waals surface area contributed by atoms with E-state index in [1.807, 2.05) is 11.7 Å². The summed E-state index contributed by atoms with van der Waals surface area (Å²) < 4.78 is 2.99. The number of nitrogens with zero attached hydrogens (tertiary/aromatic N) is 2. The molecule has 0 atom stereocenters. The highest BCUT2D eigenvalue weighted by molar-refractivity contribution is 9.10. The van der Waals surface area contributed by atoms with Gasteiger partial charge in [0.2, 0.25) is 0 Å². The Balaban J connectivity index is 2.29. The molecule has 0 saturated carbocycles. The fraction of sp³-hybridized carbons (Fsp3) is 0.462. The van der Waals surface area contributed by atoms with Gasteiger partial charge in [-0.2, -0.15) is 5.10 Å². The second-order valence-corrected chi connectivity index (χ2v) is 7.15. The molecule has 0 aliphatic carbocycles. The number of hydrogen-bond acceptors (Lipinski definition) is 3. The molecule has 0 aliphatic rings. The Morgan fingerprint density at radius 2 is 2.17 bits per heavy atom. The number of aromatic nitrogens is 2. The maximum Gasteiger partial charge on any atom is 0.108 e. The number of aryl methyl sites for hydroxylation is 1. The van der Waals surface area contributed by atoms with Crippen LogP contribution in [0, 0.1) is 0 Å². The Labute approximate surface area is 120 Å². The molecule has 2 aromatic heterocycles. The van der Waals surface area contributed by atoms with Crippen LogP contribution in [-0.4, -0.2) is 15.3 Å². The second-order valence-electron chi connectivity index (χ2n) is 5.38. The average Bonchev–Trinajstić information content (AvgIpc) is 2.80. The Morgan fingerprint density at radius 3 is 2.72 bits per heavy atom.